The van der Waals surface area contributed by atoms with E-state index in [9.17, 15) is 13.2 Å². The number of fused-ring (bicyclic) bond motifs is 1. The number of hydrogen-bond donors (Lipinski definition) is 1. The van der Waals surface area contributed by atoms with Gasteiger partial charge in [-0.2, -0.15) is 0 Å². The third kappa shape index (κ3) is 8.53. The molecule has 1 aliphatic carbocycles. The first-order valence-corrected chi connectivity index (χ1v) is 17.1. The average Bonchev–Trinajstić information content (AvgIpc) is 3.37. The Kier molecular flexibility index (Phi) is 10.3. The van der Waals surface area contributed by atoms with E-state index in [4.69, 9.17) is 9.47 Å². The van der Waals surface area contributed by atoms with E-state index in [1.807, 2.05) is 61.5 Å². The molecule has 0 saturated heterocycles. The third-order valence-corrected chi connectivity index (χ3v) is 9.76. The van der Waals surface area contributed by atoms with Crippen molar-refractivity contribution in [1.29, 1.82) is 0 Å². The Balaban J connectivity index is 1.49. The highest BCUT2D eigenvalue weighted by Crippen LogP contribution is 2.38. The fourth-order valence-electron chi connectivity index (χ4n) is 6.08. The van der Waals surface area contributed by atoms with Crippen molar-refractivity contribution in [3.8, 4) is 5.75 Å². The smallest absolute Gasteiger partial charge is 0.303 e. The first kappa shape index (κ1) is 32.3. The molecule has 0 spiro atoms. The zero-order valence-electron chi connectivity index (χ0n) is 26.2. The van der Waals surface area contributed by atoms with Crippen molar-refractivity contribution in [2.75, 3.05) is 17.0 Å². The molecular formula is C37H42N2O5S. The number of hydrogen-bond acceptors (Lipinski definition) is 6. The predicted octanol–water partition coefficient (Wildman–Crippen LogP) is 7.08. The molecule has 5 rings (SSSR count). The van der Waals surface area contributed by atoms with Gasteiger partial charge in [-0.05, 0) is 66.1 Å². The molecule has 236 valence electrons. The van der Waals surface area contributed by atoms with Gasteiger partial charge in [0.15, 0.2) is 0 Å². The van der Waals surface area contributed by atoms with E-state index >= 15 is 0 Å². The number of anilines is 1. The molecule has 0 heterocycles. The zero-order valence-corrected chi connectivity index (χ0v) is 27.1. The minimum absolute atomic E-state index is 0.0213. The number of ether oxygens (including phenoxy) is 2. The largest absolute Gasteiger partial charge is 0.487 e. The summed E-state index contributed by atoms with van der Waals surface area (Å²) in [5.41, 5.74) is 5.57. The van der Waals surface area contributed by atoms with E-state index in [1.165, 1.54) is 18.1 Å². The van der Waals surface area contributed by atoms with E-state index in [0.717, 1.165) is 24.0 Å². The maximum Gasteiger partial charge on any atom is 0.303 e. The minimum atomic E-state index is -3.62. The number of carbonyl (C=O) groups excluding carboxylic acids is 1. The van der Waals surface area contributed by atoms with Crippen LogP contribution in [0.5, 0.6) is 5.75 Å². The first-order chi connectivity index (χ1) is 21.6. The molecule has 0 amide bonds. The summed E-state index contributed by atoms with van der Waals surface area (Å²) in [6.45, 7) is 6.86. The van der Waals surface area contributed by atoms with Gasteiger partial charge in [0.25, 0.3) is 0 Å². The van der Waals surface area contributed by atoms with Gasteiger partial charge < -0.3 is 9.47 Å². The third-order valence-electron chi connectivity index (χ3n) is 8.29. The summed E-state index contributed by atoms with van der Waals surface area (Å²) in [5, 5.41) is 0. The van der Waals surface area contributed by atoms with E-state index in [0.29, 0.717) is 36.5 Å². The summed E-state index contributed by atoms with van der Waals surface area (Å²) in [5.74, 6) is -0.0211. The lowest BCUT2D eigenvalue weighted by Gasteiger charge is -2.40. The van der Waals surface area contributed by atoms with Gasteiger partial charge in [-0.3, -0.25) is 14.4 Å². The monoisotopic (exact) mass is 626 g/mol. The Labute approximate surface area is 267 Å². The number of carbonyl (C=O) groups is 1. The molecule has 4 aromatic carbocycles. The maximum absolute atomic E-state index is 12.9. The Bertz CT molecular complexity index is 1670. The number of nitrogens with zero attached hydrogens (tertiary/aromatic N) is 1. The second-order valence-electron chi connectivity index (χ2n) is 12.0. The summed E-state index contributed by atoms with van der Waals surface area (Å²) >= 11 is 0. The van der Waals surface area contributed by atoms with Gasteiger partial charge in [-0.15, -0.1) is 0 Å². The van der Waals surface area contributed by atoms with E-state index in [1.54, 1.807) is 12.1 Å². The van der Waals surface area contributed by atoms with Crippen molar-refractivity contribution in [3.05, 3.63) is 131 Å². The van der Waals surface area contributed by atoms with Crippen LogP contribution in [0.1, 0.15) is 61.1 Å². The quantitative estimate of drug-likeness (QED) is 0.151. The van der Waals surface area contributed by atoms with Crippen molar-refractivity contribution < 1.29 is 22.7 Å². The van der Waals surface area contributed by atoms with E-state index < -0.39 is 22.1 Å². The molecule has 0 unspecified atom stereocenters. The standard InChI is InChI=1S/C37H42N2O5S/c1-4-21-45(41,42)38-34-22-31(19-20-35(34)43-27-30-15-9-6-10-16-30)36(44-28(2)40)26-39(25-29-13-7-5-8-14-29)37(3)23-32-17-11-12-18-33(32)24-37/h5-20,22,36,38H,4,21,23-27H2,1-3H3/t36-/m0/s1. The van der Waals surface area contributed by atoms with Crippen LogP contribution in [0.2, 0.25) is 0 Å². The number of sulfonamides is 1. The van der Waals surface area contributed by atoms with Gasteiger partial charge in [0.1, 0.15) is 18.5 Å². The summed E-state index contributed by atoms with van der Waals surface area (Å²) in [6, 6.07) is 33.9. The molecule has 7 nitrogen and oxygen atoms in total. The highest BCUT2D eigenvalue weighted by molar-refractivity contribution is 7.92. The van der Waals surface area contributed by atoms with Crippen molar-refractivity contribution in [2.45, 2.75) is 64.8 Å². The van der Waals surface area contributed by atoms with Crippen LogP contribution in [0.3, 0.4) is 0 Å². The summed E-state index contributed by atoms with van der Waals surface area (Å²) < 4.78 is 40.7. The molecule has 4 aromatic rings. The lowest BCUT2D eigenvalue weighted by molar-refractivity contribution is -0.148. The van der Waals surface area contributed by atoms with Crippen LogP contribution in [-0.2, 0) is 45.5 Å². The fourth-order valence-corrected chi connectivity index (χ4v) is 7.21. The van der Waals surface area contributed by atoms with Crippen LogP contribution >= 0.6 is 0 Å². The minimum Gasteiger partial charge on any atom is -0.487 e. The van der Waals surface area contributed by atoms with Gasteiger partial charge in [0.05, 0.1) is 11.4 Å². The molecule has 1 aliphatic rings. The van der Waals surface area contributed by atoms with Gasteiger partial charge in [-0.25, -0.2) is 8.42 Å². The zero-order chi connectivity index (χ0) is 31.9. The van der Waals surface area contributed by atoms with Crippen LogP contribution in [0.15, 0.2) is 103 Å². The first-order valence-electron chi connectivity index (χ1n) is 15.5. The topological polar surface area (TPSA) is 84.9 Å². The van der Waals surface area contributed by atoms with Crippen LogP contribution in [0, 0.1) is 0 Å². The van der Waals surface area contributed by atoms with Gasteiger partial charge in [0.2, 0.25) is 10.0 Å². The molecule has 0 aromatic heterocycles. The Morgan fingerprint density at radius 1 is 0.889 bits per heavy atom. The molecule has 0 fully saturated rings. The molecule has 0 saturated carbocycles. The predicted molar refractivity (Wildman–Crippen MR) is 179 cm³/mol. The van der Waals surface area contributed by atoms with Crippen molar-refractivity contribution in [2.24, 2.45) is 0 Å². The van der Waals surface area contributed by atoms with Crippen LogP contribution in [0.25, 0.3) is 0 Å². The van der Waals surface area contributed by atoms with Gasteiger partial charge in [-0.1, -0.05) is 97.9 Å². The van der Waals surface area contributed by atoms with Crippen LogP contribution < -0.4 is 9.46 Å². The molecule has 45 heavy (non-hydrogen) atoms. The summed E-state index contributed by atoms with van der Waals surface area (Å²) in [6.07, 6.45) is 1.57. The van der Waals surface area contributed by atoms with Crippen molar-refractivity contribution in [3.63, 3.8) is 0 Å². The van der Waals surface area contributed by atoms with E-state index in [2.05, 4.69) is 52.9 Å². The van der Waals surface area contributed by atoms with Gasteiger partial charge in [0, 0.05) is 25.6 Å². The SMILES string of the molecule is CCCS(=O)(=O)Nc1cc([C@H](CN(Cc2ccccc2)C2(C)Cc3ccccc3C2)OC(C)=O)ccc1OCc1ccccc1. The summed E-state index contributed by atoms with van der Waals surface area (Å²) in [4.78, 5) is 14.9. The molecule has 8 heteroatoms. The fraction of sp³-hybridized carbons (Fsp3) is 0.324. The molecule has 0 radical (unpaired) electrons. The van der Waals surface area contributed by atoms with Crippen LogP contribution in [0.4, 0.5) is 5.69 Å². The molecule has 1 N–H and O–H groups in total. The lowest BCUT2D eigenvalue weighted by atomic mass is 9.93. The van der Waals surface area contributed by atoms with Gasteiger partial charge >= 0.3 is 5.97 Å². The maximum atomic E-state index is 12.9. The molecule has 0 bridgehead atoms. The highest BCUT2D eigenvalue weighted by Gasteiger charge is 2.39. The number of rotatable bonds is 14. The molecule has 0 aliphatic heterocycles. The number of benzene rings is 4. The molecular weight excluding hydrogens is 584 g/mol. The number of esters is 1. The Hall–Kier alpha value is -4.14. The highest BCUT2D eigenvalue weighted by atomic mass is 32.2. The van der Waals surface area contributed by atoms with Crippen LogP contribution in [-0.4, -0.2) is 37.1 Å². The summed E-state index contributed by atoms with van der Waals surface area (Å²) in [7, 11) is -3.62. The average molecular weight is 627 g/mol. The van der Waals surface area contributed by atoms with Crippen molar-refractivity contribution >= 4 is 21.7 Å². The normalized spacial score (nSPS) is 14.5. The van der Waals surface area contributed by atoms with E-state index in [-0.39, 0.29) is 17.9 Å². The number of nitrogens with one attached hydrogen (secondary N) is 1. The van der Waals surface area contributed by atoms with Crippen molar-refractivity contribution in [1.82, 2.24) is 4.90 Å². The lowest BCUT2D eigenvalue weighted by Crippen LogP contribution is -2.48. The second kappa shape index (κ2) is 14.3. The Morgan fingerprint density at radius 3 is 2.09 bits per heavy atom. The molecule has 1 atom stereocenters. The Morgan fingerprint density at radius 2 is 1.49 bits per heavy atom. The second-order valence-corrected chi connectivity index (χ2v) is 13.9.